The molecule has 3 aromatic rings. The van der Waals surface area contributed by atoms with Crippen LogP contribution in [0.1, 0.15) is 31.9 Å². The lowest BCUT2D eigenvalue weighted by atomic mass is 10.0. The van der Waals surface area contributed by atoms with Gasteiger partial charge in [-0.05, 0) is 45.1 Å². The van der Waals surface area contributed by atoms with Gasteiger partial charge in [0.25, 0.3) is 8.32 Å². The molecule has 0 saturated carbocycles. The van der Waals surface area contributed by atoms with Gasteiger partial charge in [-0.1, -0.05) is 87.5 Å². The van der Waals surface area contributed by atoms with Crippen molar-refractivity contribution >= 4 is 24.6 Å². The Bertz CT molecular complexity index is 1050. The highest BCUT2D eigenvalue weighted by molar-refractivity contribution is 6.99. The van der Waals surface area contributed by atoms with Crippen LogP contribution >= 0.6 is 0 Å². The summed E-state index contributed by atoms with van der Waals surface area (Å²) >= 11 is 0. The fraction of sp³-hybridized carbons (Fsp3) is 0.321. The summed E-state index contributed by atoms with van der Waals surface area (Å²) in [4.78, 5) is 14.9. The van der Waals surface area contributed by atoms with E-state index < -0.39 is 8.32 Å². The van der Waals surface area contributed by atoms with Gasteiger partial charge in [0.2, 0.25) is 5.91 Å². The minimum absolute atomic E-state index is 0.0910. The van der Waals surface area contributed by atoms with Crippen molar-refractivity contribution in [2.75, 3.05) is 19.7 Å². The van der Waals surface area contributed by atoms with Crippen LogP contribution in [0.4, 0.5) is 0 Å². The van der Waals surface area contributed by atoms with E-state index in [4.69, 9.17) is 4.43 Å². The largest absolute Gasteiger partial charge is 0.508 e. The molecule has 0 unspecified atom stereocenters. The van der Waals surface area contributed by atoms with Crippen LogP contribution in [-0.4, -0.2) is 43.9 Å². The maximum absolute atomic E-state index is 13.0. The Kier molecular flexibility index (Phi) is 6.72. The molecule has 5 heteroatoms. The van der Waals surface area contributed by atoms with Gasteiger partial charge in [-0.15, -0.1) is 0 Å². The standard InChI is InChI=1S/C28H33NO3Si/c1-28(2,3)33(25-10-6-4-7-11-25,26-12-8-5-9-13-26)32-19-18-29-17-16-23-20-24(30)15-14-22(23)21-27(29)31/h4-15,20,30H,16-19,21H2,1-3H3. The number of amides is 1. The van der Waals surface area contributed by atoms with Crippen molar-refractivity contribution in [3.63, 3.8) is 0 Å². The SMILES string of the molecule is CC(C)(C)[Si](OCCN1CCc2cc(O)ccc2CC1=O)(c1ccccc1)c1ccccc1. The molecule has 0 saturated heterocycles. The van der Waals surface area contributed by atoms with E-state index >= 15 is 0 Å². The van der Waals surface area contributed by atoms with E-state index in [9.17, 15) is 9.90 Å². The van der Waals surface area contributed by atoms with E-state index in [0.717, 1.165) is 17.5 Å². The molecule has 0 bridgehead atoms. The monoisotopic (exact) mass is 459 g/mol. The Morgan fingerprint density at radius 2 is 1.52 bits per heavy atom. The summed E-state index contributed by atoms with van der Waals surface area (Å²) in [5.74, 6) is 0.371. The highest BCUT2D eigenvalue weighted by atomic mass is 28.4. The summed E-state index contributed by atoms with van der Waals surface area (Å²) < 4.78 is 6.96. The fourth-order valence-electron chi connectivity index (χ4n) is 4.98. The van der Waals surface area contributed by atoms with Gasteiger partial charge >= 0.3 is 0 Å². The Morgan fingerprint density at radius 1 is 0.909 bits per heavy atom. The van der Waals surface area contributed by atoms with E-state index in [1.807, 2.05) is 23.1 Å². The third kappa shape index (κ3) is 4.75. The number of hydrogen-bond donors (Lipinski definition) is 1. The lowest BCUT2D eigenvalue weighted by molar-refractivity contribution is -0.130. The predicted molar refractivity (Wildman–Crippen MR) is 136 cm³/mol. The summed E-state index contributed by atoms with van der Waals surface area (Å²) in [5, 5.41) is 12.2. The lowest BCUT2D eigenvalue weighted by Gasteiger charge is -2.43. The van der Waals surface area contributed by atoms with Crippen LogP contribution in [0.2, 0.25) is 5.04 Å². The number of fused-ring (bicyclic) bond motifs is 1. The molecule has 1 aliphatic rings. The topological polar surface area (TPSA) is 49.8 Å². The molecule has 0 fully saturated rings. The molecule has 1 heterocycles. The Hall–Kier alpha value is -2.89. The van der Waals surface area contributed by atoms with Crippen LogP contribution in [0.3, 0.4) is 0 Å². The number of phenols is 1. The molecular weight excluding hydrogens is 426 g/mol. The first-order valence-electron chi connectivity index (χ1n) is 11.6. The van der Waals surface area contributed by atoms with Gasteiger partial charge in [0.1, 0.15) is 5.75 Å². The fourth-order valence-corrected chi connectivity index (χ4v) is 9.53. The Morgan fingerprint density at radius 3 is 2.09 bits per heavy atom. The van der Waals surface area contributed by atoms with Crippen molar-refractivity contribution in [3.05, 3.63) is 90.0 Å². The molecule has 4 nitrogen and oxygen atoms in total. The van der Waals surface area contributed by atoms with Crippen molar-refractivity contribution in [1.82, 2.24) is 4.90 Å². The van der Waals surface area contributed by atoms with Gasteiger partial charge in [-0.25, -0.2) is 0 Å². The summed E-state index contributed by atoms with van der Waals surface area (Å²) in [6, 6.07) is 26.5. The maximum atomic E-state index is 13.0. The second-order valence-corrected chi connectivity index (χ2v) is 14.1. The summed E-state index contributed by atoms with van der Waals surface area (Å²) in [5.41, 5.74) is 2.06. The van der Waals surface area contributed by atoms with Crippen LogP contribution in [0, 0.1) is 0 Å². The number of nitrogens with zero attached hydrogens (tertiary/aromatic N) is 1. The molecule has 0 atom stereocenters. The van der Waals surface area contributed by atoms with E-state index in [1.165, 1.54) is 10.4 Å². The van der Waals surface area contributed by atoms with Gasteiger partial charge in [0, 0.05) is 13.1 Å². The van der Waals surface area contributed by atoms with Crippen molar-refractivity contribution in [2.45, 2.75) is 38.7 Å². The van der Waals surface area contributed by atoms with E-state index in [2.05, 4.69) is 69.3 Å². The van der Waals surface area contributed by atoms with Crippen molar-refractivity contribution in [3.8, 4) is 5.75 Å². The molecule has 1 amide bonds. The number of benzene rings is 3. The average molecular weight is 460 g/mol. The van der Waals surface area contributed by atoms with E-state index in [0.29, 0.717) is 26.1 Å². The van der Waals surface area contributed by atoms with Crippen LogP contribution in [0.15, 0.2) is 78.9 Å². The second kappa shape index (κ2) is 9.54. The molecule has 0 aromatic heterocycles. The summed E-state index contributed by atoms with van der Waals surface area (Å²) in [6.45, 7) is 8.47. The highest BCUT2D eigenvalue weighted by Gasteiger charge is 2.50. The molecule has 1 aliphatic heterocycles. The third-order valence-corrected chi connectivity index (χ3v) is 11.7. The molecule has 0 aliphatic carbocycles. The third-order valence-electron chi connectivity index (χ3n) is 6.63. The van der Waals surface area contributed by atoms with Crippen LogP contribution in [-0.2, 0) is 22.1 Å². The molecule has 3 aromatic carbocycles. The zero-order valence-corrected chi connectivity index (χ0v) is 20.8. The van der Waals surface area contributed by atoms with Crippen molar-refractivity contribution < 1.29 is 14.3 Å². The minimum atomic E-state index is -2.61. The zero-order valence-electron chi connectivity index (χ0n) is 19.8. The molecule has 172 valence electrons. The first-order valence-corrected chi connectivity index (χ1v) is 13.6. The molecule has 33 heavy (non-hydrogen) atoms. The molecule has 4 rings (SSSR count). The molecular formula is C28H33NO3Si. The number of rotatable bonds is 6. The minimum Gasteiger partial charge on any atom is -0.508 e. The predicted octanol–water partition coefficient (Wildman–Crippen LogP) is 3.90. The zero-order chi connectivity index (χ0) is 23.5. The van der Waals surface area contributed by atoms with Gasteiger partial charge in [-0.2, -0.15) is 0 Å². The smallest absolute Gasteiger partial charge is 0.261 e. The Balaban J connectivity index is 1.58. The van der Waals surface area contributed by atoms with Gasteiger partial charge in [-0.3, -0.25) is 4.79 Å². The Labute approximate surface area is 198 Å². The maximum Gasteiger partial charge on any atom is 0.261 e. The molecule has 0 spiro atoms. The quantitative estimate of drug-likeness (QED) is 0.569. The van der Waals surface area contributed by atoms with Gasteiger partial charge in [0.15, 0.2) is 0 Å². The number of phenolic OH excluding ortho intramolecular Hbond substituents is 1. The number of carbonyl (C=O) groups excluding carboxylic acids is 1. The highest BCUT2D eigenvalue weighted by Crippen LogP contribution is 2.36. The van der Waals surface area contributed by atoms with Crippen LogP contribution in [0.25, 0.3) is 0 Å². The van der Waals surface area contributed by atoms with E-state index in [1.54, 1.807) is 12.1 Å². The second-order valence-electron chi connectivity index (χ2n) is 9.77. The normalized spacial score (nSPS) is 14.6. The number of carbonyl (C=O) groups is 1. The van der Waals surface area contributed by atoms with Crippen molar-refractivity contribution in [2.24, 2.45) is 0 Å². The molecule has 0 radical (unpaired) electrons. The summed E-state index contributed by atoms with van der Waals surface area (Å²) in [7, 11) is -2.61. The molecule has 1 N–H and O–H groups in total. The first kappa shape index (κ1) is 23.3. The van der Waals surface area contributed by atoms with Crippen LogP contribution in [0.5, 0.6) is 5.75 Å². The lowest BCUT2D eigenvalue weighted by Crippen LogP contribution is -2.67. The average Bonchev–Trinajstić information content (AvgIpc) is 2.95. The van der Waals surface area contributed by atoms with Crippen LogP contribution < -0.4 is 10.4 Å². The first-order chi connectivity index (χ1) is 15.8. The van der Waals surface area contributed by atoms with Gasteiger partial charge in [0.05, 0.1) is 13.0 Å². The van der Waals surface area contributed by atoms with Gasteiger partial charge < -0.3 is 14.4 Å². The van der Waals surface area contributed by atoms with E-state index in [-0.39, 0.29) is 16.7 Å². The van der Waals surface area contributed by atoms with Crippen molar-refractivity contribution in [1.29, 1.82) is 0 Å². The number of hydrogen-bond acceptors (Lipinski definition) is 3. The summed E-state index contributed by atoms with van der Waals surface area (Å²) in [6.07, 6.45) is 1.11. The number of aromatic hydroxyl groups is 1.